The van der Waals surface area contributed by atoms with Gasteiger partial charge in [-0.1, -0.05) is 6.92 Å². The molecule has 90 valence electrons. The van der Waals surface area contributed by atoms with Crippen molar-refractivity contribution in [2.24, 2.45) is 11.8 Å². The molecule has 0 N–H and O–H groups in total. The van der Waals surface area contributed by atoms with E-state index in [0.29, 0.717) is 6.54 Å². The minimum absolute atomic E-state index is 0.112. The van der Waals surface area contributed by atoms with E-state index in [1.165, 1.54) is 12.0 Å². The quantitative estimate of drug-likeness (QED) is 0.650. The molecule has 0 fully saturated rings. The van der Waals surface area contributed by atoms with E-state index >= 15 is 0 Å². The van der Waals surface area contributed by atoms with Crippen molar-refractivity contribution in [1.29, 1.82) is 5.26 Å². The highest BCUT2D eigenvalue weighted by atomic mass is 16.5. The highest BCUT2D eigenvalue weighted by Gasteiger charge is 2.20. The standard InChI is InChI=1S/C11H18N2O3/c1-8(6-12)7-13(3)10(14)5-9(2)11(15)16-4/h8-9H,5,7H2,1-4H3/t8-,9-/m1/s1. The number of carbonyl (C=O) groups is 2. The van der Waals surface area contributed by atoms with Crippen LogP contribution < -0.4 is 0 Å². The molecule has 0 radical (unpaired) electrons. The third kappa shape index (κ3) is 4.78. The fourth-order valence-corrected chi connectivity index (χ4v) is 1.26. The smallest absolute Gasteiger partial charge is 0.308 e. The lowest BCUT2D eigenvalue weighted by Crippen LogP contribution is -2.33. The maximum Gasteiger partial charge on any atom is 0.308 e. The lowest BCUT2D eigenvalue weighted by Gasteiger charge is -2.19. The predicted octanol–water partition coefficient (Wildman–Crippen LogP) is 0.804. The highest BCUT2D eigenvalue weighted by molar-refractivity contribution is 5.82. The summed E-state index contributed by atoms with van der Waals surface area (Å²) in [5.41, 5.74) is 0. The molecule has 5 nitrogen and oxygen atoms in total. The molecule has 1 amide bonds. The number of nitriles is 1. The van der Waals surface area contributed by atoms with E-state index < -0.39 is 11.9 Å². The minimum atomic E-state index is -0.447. The molecule has 0 aromatic carbocycles. The van der Waals surface area contributed by atoms with Crippen LogP contribution in [0.25, 0.3) is 0 Å². The molecular formula is C11H18N2O3. The maximum atomic E-state index is 11.6. The van der Waals surface area contributed by atoms with E-state index in [0.717, 1.165) is 0 Å². The Morgan fingerprint density at radius 3 is 2.44 bits per heavy atom. The van der Waals surface area contributed by atoms with Gasteiger partial charge in [-0.3, -0.25) is 9.59 Å². The van der Waals surface area contributed by atoms with Gasteiger partial charge in [0.1, 0.15) is 0 Å². The van der Waals surface area contributed by atoms with Crippen LogP contribution >= 0.6 is 0 Å². The molecule has 0 aliphatic rings. The van der Waals surface area contributed by atoms with Crippen molar-refractivity contribution in [2.45, 2.75) is 20.3 Å². The molecule has 5 heteroatoms. The summed E-state index contributed by atoms with van der Waals surface area (Å²) in [4.78, 5) is 24.2. The molecule has 0 rings (SSSR count). The number of amides is 1. The molecule has 0 unspecified atom stereocenters. The molecule has 0 aromatic heterocycles. The van der Waals surface area contributed by atoms with Crippen LogP contribution in [0.2, 0.25) is 0 Å². The van der Waals surface area contributed by atoms with Crippen molar-refractivity contribution < 1.29 is 14.3 Å². The van der Waals surface area contributed by atoms with Gasteiger partial charge in [0.05, 0.1) is 25.0 Å². The first-order chi connectivity index (χ1) is 7.42. The first-order valence-corrected chi connectivity index (χ1v) is 5.13. The number of rotatable bonds is 5. The Morgan fingerprint density at radius 2 is 2.00 bits per heavy atom. The number of carbonyl (C=O) groups excluding carboxylic acids is 2. The van der Waals surface area contributed by atoms with Gasteiger partial charge in [0.2, 0.25) is 5.91 Å². The van der Waals surface area contributed by atoms with E-state index in [1.54, 1.807) is 20.9 Å². The van der Waals surface area contributed by atoms with E-state index in [9.17, 15) is 9.59 Å². The molecule has 0 aromatic rings. The van der Waals surface area contributed by atoms with Crippen LogP contribution in [0.4, 0.5) is 0 Å². The van der Waals surface area contributed by atoms with Crippen LogP contribution in [0.5, 0.6) is 0 Å². The molecule has 0 saturated heterocycles. The number of methoxy groups -OCH3 is 1. The average molecular weight is 226 g/mol. The van der Waals surface area contributed by atoms with Crippen LogP contribution in [0.15, 0.2) is 0 Å². The van der Waals surface area contributed by atoms with E-state index in [4.69, 9.17) is 5.26 Å². The van der Waals surface area contributed by atoms with Gasteiger partial charge in [-0.25, -0.2) is 0 Å². The lowest BCUT2D eigenvalue weighted by molar-refractivity contribution is -0.148. The monoisotopic (exact) mass is 226 g/mol. The number of ether oxygens (including phenoxy) is 1. The molecule has 0 aliphatic heterocycles. The van der Waals surface area contributed by atoms with Crippen LogP contribution in [0.1, 0.15) is 20.3 Å². The first kappa shape index (κ1) is 14.4. The van der Waals surface area contributed by atoms with Crippen LogP contribution in [-0.4, -0.2) is 37.5 Å². The minimum Gasteiger partial charge on any atom is -0.469 e. The number of hydrogen-bond donors (Lipinski definition) is 0. The van der Waals surface area contributed by atoms with Crippen LogP contribution in [0, 0.1) is 23.2 Å². The summed E-state index contributed by atoms with van der Waals surface area (Å²) in [6, 6.07) is 2.05. The van der Waals surface area contributed by atoms with Gasteiger partial charge in [0.15, 0.2) is 0 Å². The summed E-state index contributed by atoms with van der Waals surface area (Å²) < 4.78 is 4.53. The summed E-state index contributed by atoms with van der Waals surface area (Å²) >= 11 is 0. The predicted molar refractivity (Wildman–Crippen MR) is 58.2 cm³/mol. The third-order valence-electron chi connectivity index (χ3n) is 2.28. The van der Waals surface area contributed by atoms with E-state index in [1.807, 2.05) is 0 Å². The van der Waals surface area contributed by atoms with Gasteiger partial charge in [-0.2, -0.15) is 5.26 Å². The summed E-state index contributed by atoms with van der Waals surface area (Å²) in [6.45, 7) is 3.77. The topological polar surface area (TPSA) is 70.4 Å². The van der Waals surface area contributed by atoms with E-state index in [-0.39, 0.29) is 18.2 Å². The highest BCUT2D eigenvalue weighted by Crippen LogP contribution is 2.07. The zero-order valence-electron chi connectivity index (χ0n) is 10.2. The number of esters is 1. The Kier molecular flexibility index (Phi) is 6.16. The molecule has 0 aliphatic carbocycles. The molecule has 0 saturated carbocycles. The van der Waals surface area contributed by atoms with Crippen molar-refractivity contribution in [3.8, 4) is 6.07 Å². The molecular weight excluding hydrogens is 208 g/mol. The Morgan fingerprint density at radius 1 is 1.44 bits per heavy atom. The van der Waals surface area contributed by atoms with Gasteiger partial charge in [-0.15, -0.1) is 0 Å². The average Bonchev–Trinajstić information content (AvgIpc) is 2.27. The molecule has 0 heterocycles. The van der Waals surface area contributed by atoms with Gasteiger partial charge >= 0.3 is 5.97 Å². The summed E-state index contributed by atoms with van der Waals surface area (Å²) in [7, 11) is 2.92. The molecule has 16 heavy (non-hydrogen) atoms. The summed E-state index contributed by atoms with van der Waals surface area (Å²) in [6.07, 6.45) is 0.112. The van der Waals surface area contributed by atoms with E-state index in [2.05, 4.69) is 10.8 Å². The van der Waals surface area contributed by atoms with Gasteiger partial charge in [0, 0.05) is 20.0 Å². The Bertz CT molecular complexity index is 296. The Labute approximate surface area is 96.0 Å². The Balaban J connectivity index is 4.16. The molecule has 0 bridgehead atoms. The zero-order valence-corrected chi connectivity index (χ0v) is 10.2. The van der Waals surface area contributed by atoms with Gasteiger partial charge in [-0.05, 0) is 6.92 Å². The normalized spacial score (nSPS) is 13.4. The van der Waals surface area contributed by atoms with Crippen molar-refractivity contribution >= 4 is 11.9 Å². The largest absolute Gasteiger partial charge is 0.469 e. The molecule has 2 atom stereocenters. The first-order valence-electron chi connectivity index (χ1n) is 5.13. The maximum absolute atomic E-state index is 11.6. The summed E-state index contributed by atoms with van der Waals surface area (Å²) in [5, 5.41) is 8.61. The second kappa shape index (κ2) is 6.83. The summed E-state index contributed by atoms with van der Waals surface area (Å²) in [5.74, 6) is -1.20. The number of hydrogen-bond acceptors (Lipinski definition) is 4. The Hall–Kier alpha value is -1.57. The van der Waals surface area contributed by atoms with Crippen molar-refractivity contribution in [2.75, 3.05) is 20.7 Å². The third-order valence-corrected chi connectivity index (χ3v) is 2.28. The SMILES string of the molecule is COC(=O)[C@H](C)CC(=O)N(C)C[C@H](C)C#N. The zero-order chi connectivity index (χ0) is 12.7. The molecule has 0 spiro atoms. The lowest BCUT2D eigenvalue weighted by atomic mass is 10.1. The van der Waals surface area contributed by atoms with Crippen molar-refractivity contribution in [3.05, 3.63) is 0 Å². The second-order valence-electron chi connectivity index (χ2n) is 3.93. The van der Waals surface area contributed by atoms with Crippen LogP contribution in [0.3, 0.4) is 0 Å². The van der Waals surface area contributed by atoms with Gasteiger partial charge < -0.3 is 9.64 Å². The van der Waals surface area contributed by atoms with Crippen molar-refractivity contribution in [1.82, 2.24) is 4.90 Å². The fourth-order valence-electron chi connectivity index (χ4n) is 1.26. The van der Waals surface area contributed by atoms with Crippen LogP contribution in [-0.2, 0) is 14.3 Å². The number of nitrogens with zero attached hydrogens (tertiary/aromatic N) is 2. The fraction of sp³-hybridized carbons (Fsp3) is 0.727. The van der Waals surface area contributed by atoms with Crippen molar-refractivity contribution in [3.63, 3.8) is 0 Å². The second-order valence-corrected chi connectivity index (χ2v) is 3.93. The van der Waals surface area contributed by atoms with Gasteiger partial charge in [0.25, 0.3) is 0 Å².